The van der Waals surface area contributed by atoms with Crippen LogP contribution >= 0.6 is 0 Å². The highest BCUT2D eigenvalue weighted by Crippen LogP contribution is 2.06. The fourth-order valence-electron chi connectivity index (χ4n) is 1.11. The van der Waals surface area contributed by atoms with Gasteiger partial charge in [-0.05, 0) is 12.1 Å². The minimum absolute atomic E-state index is 0.0513. The minimum atomic E-state index is -0.318. The van der Waals surface area contributed by atoms with Crippen molar-refractivity contribution in [2.45, 2.75) is 6.92 Å². The highest BCUT2D eigenvalue weighted by molar-refractivity contribution is 6.06. The van der Waals surface area contributed by atoms with Gasteiger partial charge in [0.15, 0.2) is 0 Å². The molecule has 0 atom stereocenters. The minimum Gasteiger partial charge on any atom is -0.285 e. The Kier molecular flexibility index (Phi) is 2.20. The molecule has 0 spiro atoms. The van der Waals surface area contributed by atoms with Crippen molar-refractivity contribution in [3.8, 4) is 0 Å². The molecule has 0 fully saturated rings. The first-order chi connectivity index (χ1) is 7.18. The van der Waals surface area contributed by atoms with Gasteiger partial charge < -0.3 is 0 Å². The van der Waals surface area contributed by atoms with Gasteiger partial charge in [0, 0.05) is 6.20 Å². The van der Waals surface area contributed by atoms with Crippen molar-refractivity contribution in [1.29, 1.82) is 0 Å². The van der Waals surface area contributed by atoms with Crippen LogP contribution in [0.3, 0.4) is 0 Å². The summed E-state index contributed by atoms with van der Waals surface area (Å²) in [7, 11) is 1.60. The van der Waals surface area contributed by atoms with E-state index in [1.165, 1.54) is 17.3 Å². The molecule has 2 aromatic rings. The van der Waals surface area contributed by atoms with Gasteiger partial charge in [-0.3, -0.25) is 4.79 Å². The standard InChI is InChI=1S/C8H8N6O/c1-5-6(3-9-4-10-5)7(15)8-11-13-14(2)12-8/h3-4H,1-2H3. The van der Waals surface area contributed by atoms with E-state index in [0.717, 1.165) is 0 Å². The number of nitrogens with zero attached hydrogens (tertiary/aromatic N) is 6. The second-order valence-corrected chi connectivity index (χ2v) is 2.95. The van der Waals surface area contributed by atoms with Crippen LogP contribution in [0.4, 0.5) is 0 Å². The number of ketones is 1. The van der Waals surface area contributed by atoms with Gasteiger partial charge in [0.05, 0.1) is 18.3 Å². The molecule has 2 rings (SSSR count). The molecule has 0 aliphatic rings. The zero-order valence-electron chi connectivity index (χ0n) is 8.25. The average molecular weight is 204 g/mol. The maximum absolute atomic E-state index is 11.8. The zero-order chi connectivity index (χ0) is 10.8. The summed E-state index contributed by atoms with van der Waals surface area (Å²) in [4.78, 5) is 20.8. The predicted molar refractivity (Wildman–Crippen MR) is 49.0 cm³/mol. The summed E-state index contributed by atoms with van der Waals surface area (Å²) < 4.78 is 0. The number of hydrogen-bond acceptors (Lipinski definition) is 6. The van der Waals surface area contributed by atoms with Gasteiger partial charge in [-0.15, -0.1) is 10.2 Å². The summed E-state index contributed by atoms with van der Waals surface area (Å²) in [5, 5.41) is 11.0. The Balaban J connectivity index is 2.41. The molecule has 0 amide bonds. The first-order valence-corrected chi connectivity index (χ1v) is 4.24. The molecule has 2 heterocycles. The lowest BCUT2D eigenvalue weighted by Gasteiger charge is -1.97. The van der Waals surface area contributed by atoms with Gasteiger partial charge in [0.25, 0.3) is 0 Å². The van der Waals surface area contributed by atoms with Crippen LogP contribution in [0.5, 0.6) is 0 Å². The number of rotatable bonds is 2. The van der Waals surface area contributed by atoms with Gasteiger partial charge in [-0.1, -0.05) is 0 Å². The van der Waals surface area contributed by atoms with Crippen LogP contribution in [-0.4, -0.2) is 36.0 Å². The lowest BCUT2D eigenvalue weighted by Crippen LogP contribution is -2.08. The van der Waals surface area contributed by atoms with Crippen molar-refractivity contribution < 1.29 is 4.79 Å². The average Bonchev–Trinajstić information content (AvgIpc) is 2.65. The van der Waals surface area contributed by atoms with Crippen LogP contribution in [0.1, 0.15) is 21.9 Å². The Labute approximate surface area is 85.2 Å². The number of hydrogen-bond donors (Lipinski definition) is 0. The van der Waals surface area contributed by atoms with Gasteiger partial charge in [0.2, 0.25) is 11.6 Å². The second-order valence-electron chi connectivity index (χ2n) is 2.95. The quantitative estimate of drug-likeness (QED) is 0.615. The van der Waals surface area contributed by atoms with Gasteiger partial charge >= 0.3 is 0 Å². The van der Waals surface area contributed by atoms with Crippen molar-refractivity contribution in [1.82, 2.24) is 30.2 Å². The number of carbonyl (C=O) groups is 1. The van der Waals surface area contributed by atoms with Crippen LogP contribution in [-0.2, 0) is 7.05 Å². The first-order valence-electron chi connectivity index (χ1n) is 4.24. The topological polar surface area (TPSA) is 86.5 Å². The highest BCUT2D eigenvalue weighted by Gasteiger charge is 2.17. The molecule has 0 unspecified atom stereocenters. The Bertz CT molecular complexity index is 505. The van der Waals surface area contributed by atoms with Crippen molar-refractivity contribution in [3.05, 3.63) is 29.6 Å². The number of tetrazole rings is 1. The predicted octanol–water partition coefficient (Wildman–Crippen LogP) is -0.460. The van der Waals surface area contributed by atoms with E-state index >= 15 is 0 Å². The van der Waals surface area contributed by atoms with Crippen molar-refractivity contribution in [2.24, 2.45) is 7.05 Å². The molecule has 0 aromatic carbocycles. The third-order valence-corrected chi connectivity index (χ3v) is 1.87. The number of aryl methyl sites for hydroxylation is 2. The fourth-order valence-corrected chi connectivity index (χ4v) is 1.11. The molecule has 0 aliphatic heterocycles. The number of aromatic nitrogens is 6. The third kappa shape index (κ3) is 1.71. The smallest absolute Gasteiger partial charge is 0.245 e. The fraction of sp³-hybridized carbons (Fsp3) is 0.250. The van der Waals surface area contributed by atoms with Gasteiger partial charge in [-0.25, -0.2) is 9.97 Å². The molecule has 7 nitrogen and oxygen atoms in total. The van der Waals surface area contributed by atoms with E-state index in [9.17, 15) is 4.79 Å². The third-order valence-electron chi connectivity index (χ3n) is 1.87. The number of carbonyl (C=O) groups excluding carboxylic acids is 1. The summed E-state index contributed by atoms with van der Waals surface area (Å²) in [6.07, 6.45) is 2.83. The largest absolute Gasteiger partial charge is 0.285 e. The molecule has 15 heavy (non-hydrogen) atoms. The normalized spacial score (nSPS) is 10.3. The highest BCUT2D eigenvalue weighted by atomic mass is 16.1. The Morgan fingerprint density at radius 3 is 2.87 bits per heavy atom. The zero-order valence-corrected chi connectivity index (χ0v) is 8.25. The van der Waals surface area contributed by atoms with E-state index in [0.29, 0.717) is 11.3 Å². The van der Waals surface area contributed by atoms with Crippen LogP contribution in [0.25, 0.3) is 0 Å². The maximum atomic E-state index is 11.8. The van der Waals surface area contributed by atoms with E-state index in [4.69, 9.17) is 0 Å². The van der Waals surface area contributed by atoms with E-state index in [1.54, 1.807) is 14.0 Å². The van der Waals surface area contributed by atoms with Crippen molar-refractivity contribution in [3.63, 3.8) is 0 Å². The summed E-state index contributed by atoms with van der Waals surface area (Å²) >= 11 is 0. The molecule has 0 saturated heterocycles. The lowest BCUT2D eigenvalue weighted by molar-refractivity contribution is 0.102. The van der Waals surface area contributed by atoms with Crippen molar-refractivity contribution >= 4 is 5.78 Å². The molecule has 0 bridgehead atoms. The monoisotopic (exact) mass is 204 g/mol. The molecule has 76 valence electrons. The van der Waals surface area contributed by atoms with Crippen LogP contribution in [0.2, 0.25) is 0 Å². The van der Waals surface area contributed by atoms with Gasteiger partial charge in [-0.2, -0.15) is 4.80 Å². The van der Waals surface area contributed by atoms with E-state index in [1.807, 2.05) is 0 Å². The summed E-state index contributed by atoms with van der Waals surface area (Å²) in [6, 6.07) is 0. The molecule has 0 N–H and O–H groups in total. The maximum Gasteiger partial charge on any atom is 0.245 e. The molecule has 0 radical (unpaired) electrons. The van der Waals surface area contributed by atoms with Crippen LogP contribution in [0, 0.1) is 6.92 Å². The summed E-state index contributed by atoms with van der Waals surface area (Å²) in [5.74, 6) is -0.267. The van der Waals surface area contributed by atoms with Crippen LogP contribution < -0.4 is 0 Å². The Morgan fingerprint density at radius 1 is 1.47 bits per heavy atom. The molecule has 2 aromatic heterocycles. The molecule has 7 heteroatoms. The molecular formula is C8H8N6O. The lowest BCUT2D eigenvalue weighted by atomic mass is 10.1. The first kappa shape index (κ1) is 9.38. The van der Waals surface area contributed by atoms with Gasteiger partial charge in [0.1, 0.15) is 6.33 Å². The molecular weight excluding hydrogens is 196 g/mol. The Morgan fingerprint density at radius 2 is 2.27 bits per heavy atom. The summed E-state index contributed by atoms with van der Waals surface area (Å²) in [5.41, 5.74) is 0.993. The van der Waals surface area contributed by atoms with E-state index in [2.05, 4.69) is 25.4 Å². The van der Waals surface area contributed by atoms with Crippen LogP contribution in [0.15, 0.2) is 12.5 Å². The van der Waals surface area contributed by atoms with Crippen molar-refractivity contribution in [2.75, 3.05) is 0 Å². The molecule has 0 saturated carbocycles. The van der Waals surface area contributed by atoms with E-state index < -0.39 is 0 Å². The summed E-state index contributed by atoms with van der Waals surface area (Å²) in [6.45, 7) is 1.73. The molecule has 0 aliphatic carbocycles. The van der Waals surface area contributed by atoms with E-state index in [-0.39, 0.29) is 11.6 Å². The SMILES string of the molecule is Cc1ncncc1C(=O)c1nnn(C)n1. The second kappa shape index (κ2) is 3.52. The Hall–Kier alpha value is -2.18.